The molecule has 0 saturated heterocycles. The summed E-state index contributed by atoms with van der Waals surface area (Å²) < 4.78 is 2.14. The second kappa shape index (κ2) is 5.21. The third-order valence-corrected chi connectivity index (χ3v) is 3.97. The van der Waals surface area contributed by atoms with Gasteiger partial charge in [-0.3, -0.25) is 4.79 Å². The molecular weight excluding hydrogens is 258 g/mol. The number of fused-ring (bicyclic) bond motifs is 1. The van der Waals surface area contributed by atoms with E-state index in [1.807, 2.05) is 49.5 Å². The molecular formula is C19H19NO. The molecule has 1 heterocycles. The highest BCUT2D eigenvalue weighted by Crippen LogP contribution is 2.29. The van der Waals surface area contributed by atoms with Crippen LogP contribution in [-0.2, 0) is 7.05 Å². The molecule has 0 radical (unpaired) electrons. The van der Waals surface area contributed by atoms with E-state index in [0.717, 1.165) is 27.7 Å². The Morgan fingerprint density at radius 3 is 2.19 bits per heavy atom. The summed E-state index contributed by atoms with van der Waals surface area (Å²) in [7, 11) is 2.04. The van der Waals surface area contributed by atoms with Crippen molar-refractivity contribution in [2.45, 2.75) is 19.8 Å². The fraction of sp³-hybridized carbons (Fsp3) is 0.211. The molecule has 0 spiro atoms. The van der Waals surface area contributed by atoms with Crippen molar-refractivity contribution in [3.05, 3.63) is 70.4 Å². The van der Waals surface area contributed by atoms with Crippen LogP contribution in [0.3, 0.4) is 0 Å². The van der Waals surface area contributed by atoms with E-state index in [1.165, 1.54) is 0 Å². The van der Waals surface area contributed by atoms with Gasteiger partial charge in [-0.1, -0.05) is 56.3 Å². The van der Waals surface area contributed by atoms with E-state index in [9.17, 15) is 4.79 Å². The van der Waals surface area contributed by atoms with Gasteiger partial charge in [-0.2, -0.15) is 0 Å². The van der Waals surface area contributed by atoms with Gasteiger partial charge < -0.3 is 4.57 Å². The van der Waals surface area contributed by atoms with Crippen molar-refractivity contribution in [3.63, 3.8) is 0 Å². The maximum absolute atomic E-state index is 12.9. The van der Waals surface area contributed by atoms with Gasteiger partial charge in [-0.15, -0.1) is 0 Å². The zero-order valence-electron chi connectivity index (χ0n) is 12.6. The summed E-state index contributed by atoms with van der Waals surface area (Å²) in [6.07, 6.45) is 0. The average molecular weight is 277 g/mol. The van der Waals surface area contributed by atoms with E-state index in [1.54, 1.807) is 0 Å². The topological polar surface area (TPSA) is 22.0 Å². The molecule has 1 aromatic heterocycles. The lowest BCUT2D eigenvalue weighted by Crippen LogP contribution is -2.18. The summed E-state index contributed by atoms with van der Waals surface area (Å²) in [5, 5.41) is 0.795. The Labute approximate surface area is 124 Å². The largest absolute Gasteiger partial charge is 0.343 e. The Kier molecular flexibility index (Phi) is 3.38. The summed E-state index contributed by atoms with van der Waals surface area (Å²) in [4.78, 5) is 12.9. The van der Waals surface area contributed by atoms with Crippen LogP contribution in [-0.4, -0.2) is 4.57 Å². The lowest BCUT2D eigenvalue weighted by atomic mass is 9.94. The van der Waals surface area contributed by atoms with Crippen LogP contribution in [0.2, 0.25) is 0 Å². The van der Waals surface area contributed by atoms with Crippen LogP contribution < -0.4 is 5.43 Å². The van der Waals surface area contributed by atoms with Gasteiger partial charge in [0.2, 0.25) is 0 Å². The highest BCUT2D eigenvalue weighted by Gasteiger charge is 2.18. The number of aromatic nitrogens is 1. The lowest BCUT2D eigenvalue weighted by Gasteiger charge is -2.19. The molecule has 106 valence electrons. The fourth-order valence-corrected chi connectivity index (χ4v) is 2.99. The van der Waals surface area contributed by atoms with Crippen LogP contribution in [0, 0.1) is 0 Å². The summed E-state index contributed by atoms with van der Waals surface area (Å²) in [5.74, 6) is 0.184. The number of aryl methyl sites for hydroxylation is 1. The van der Waals surface area contributed by atoms with E-state index in [-0.39, 0.29) is 11.3 Å². The van der Waals surface area contributed by atoms with Crippen LogP contribution in [0.15, 0.2) is 59.4 Å². The first kappa shape index (κ1) is 13.6. The van der Waals surface area contributed by atoms with Crippen molar-refractivity contribution in [3.8, 4) is 11.3 Å². The van der Waals surface area contributed by atoms with Crippen LogP contribution in [0.5, 0.6) is 0 Å². The standard InChI is InChI=1S/C19H19NO/c1-13(2)17-18(14-9-5-4-6-10-14)20(3)16-12-8-7-11-15(16)19(17)21/h4-13H,1-3H3. The highest BCUT2D eigenvalue weighted by atomic mass is 16.1. The Morgan fingerprint density at radius 2 is 1.52 bits per heavy atom. The van der Waals surface area contributed by atoms with E-state index >= 15 is 0 Å². The summed E-state index contributed by atoms with van der Waals surface area (Å²) in [6, 6.07) is 18.0. The van der Waals surface area contributed by atoms with Crippen molar-refractivity contribution in [2.24, 2.45) is 7.05 Å². The van der Waals surface area contributed by atoms with E-state index in [2.05, 4.69) is 30.5 Å². The minimum absolute atomic E-state index is 0.151. The second-order valence-corrected chi connectivity index (χ2v) is 5.69. The molecule has 0 amide bonds. The van der Waals surface area contributed by atoms with E-state index < -0.39 is 0 Å². The average Bonchev–Trinajstić information content (AvgIpc) is 2.51. The van der Waals surface area contributed by atoms with Crippen LogP contribution in [0.1, 0.15) is 25.3 Å². The van der Waals surface area contributed by atoms with Gasteiger partial charge in [-0.05, 0) is 23.6 Å². The minimum Gasteiger partial charge on any atom is -0.343 e. The first-order valence-corrected chi connectivity index (χ1v) is 7.28. The molecule has 0 N–H and O–H groups in total. The van der Waals surface area contributed by atoms with Crippen LogP contribution in [0.4, 0.5) is 0 Å². The van der Waals surface area contributed by atoms with Gasteiger partial charge >= 0.3 is 0 Å². The molecule has 0 aliphatic carbocycles. The van der Waals surface area contributed by atoms with Crippen molar-refractivity contribution < 1.29 is 0 Å². The summed E-state index contributed by atoms with van der Waals surface area (Å²) in [5.41, 5.74) is 4.13. The first-order chi connectivity index (χ1) is 10.1. The maximum atomic E-state index is 12.9. The van der Waals surface area contributed by atoms with Gasteiger partial charge in [-0.25, -0.2) is 0 Å². The minimum atomic E-state index is 0.151. The zero-order valence-corrected chi connectivity index (χ0v) is 12.6. The van der Waals surface area contributed by atoms with Crippen molar-refractivity contribution in [1.29, 1.82) is 0 Å². The van der Waals surface area contributed by atoms with Crippen molar-refractivity contribution >= 4 is 10.9 Å². The number of nitrogens with zero attached hydrogens (tertiary/aromatic N) is 1. The summed E-state index contributed by atoms with van der Waals surface area (Å²) in [6.45, 7) is 4.16. The fourth-order valence-electron chi connectivity index (χ4n) is 2.99. The second-order valence-electron chi connectivity index (χ2n) is 5.69. The van der Waals surface area contributed by atoms with Gasteiger partial charge in [0.05, 0.1) is 11.2 Å². The van der Waals surface area contributed by atoms with Gasteiger partial charge in [0.25, 0.3) is 0 Å². The monoisotopic (exact) mass is 277 g/mol. The van der Waals surface area contributed by atoms with Gasteiger partial charge in [0.1, 0.15) is 0 Å². The molecule has 2 heteroatoms. The number of para-hydroxylation sites is 1. The SMILES string of the molecule is CC(C)c1c(-c2ccccc2)n(C)c2ccccc2c1=O. The van der Waals surface area contributed by atoms with E-state index in [4.69, 9.17) is 0 Å². The predicted molar refractivity (Wildman–Crippen MR) is 88.7 cm³/mol. The highest BCUT2D eigenvalue weighted by molar-refractivity contribution is 5.84. The molecule has 2 aromatic carbocycles. The first-order valence-electron chi connectivity index (χ1n) is 7.28. The third-order valence-electron chi connectivity index (χ3n) is 3.97. The Morgan fingerprint density at radius 1 is 0.905 bits per heavy atom. The lowest BCUT2D eigenvalue weighted by molar-refractivity contribution is 0.830. The molecule has 3 rings (SSSR count). The molecule has 3 aromatic rings. The number of pyridine rings is 1. The molecule has 0 bridgehead atoms. The van der Waals surface area contributed by atoms with Crippen molar-refractivity contribution in [1.82, 2.24) is 4.57 Å². The molecule has 0 unspecified atom stereocenters. The molecule has 2 nitrogen and oxygen atoms in total. The molecule has 21 heavy (non-hydrogen) atoms. The number of hydrogen-bond donors (Lipinski definition) is 0. The smallest absolute Gasteiger partial charge is 0.193 e. The van der Waals surface area contributed by atoms with E-state index in [0.29, 0.717) is 0 Å². The van der Waals surface area contributed by atoms with Crippen molar-refractivity contribution in [2.75, 3.05) is 0 Å². The maximum Gasteiger partial charge on any atom is 0.193 e. The number of hydrogen-bond acceptors (Lipinski definition) is 1. The summed E-state index contributed by atoms with van der Waals surface area (Å²) >= 11 is 0. The zero-order chi connectivity index (χ0) is 15.0. The predicted octanol–water partition coefficient (Wildman–Crippen LogP) is 4.33. The molecule has 0 saturated carbocycles. The Bertz CT molecular complexity index is 845. The van der Waals surface area contributed by atoms with Crippen LogP contribution in [0.25, 0.3) is 22.2 Å². The Hall–Kier alpha value is -2.35. The molecule has 0 aliphatic heterocycles. The van der Waals surface area contributed by atoms with Gasteiger partial charge in [0.15, 0.2) is 5.43 Å². The third kappa shape index (κ3) is 2.17. The molecule has 0 atom stereocenters. The molecule has 0 fully saturated rings. The quantitative estimate of drug-likeness (QED) is 0.683. The Balaban J connectivity index is 2.51. The van der Waals surface area contributed by atoms with Crippen LogP contribution >= 0.6 is 0 Å². The normalized spacial score (nSPS) is 11.2. The number of rotatable bonds is 2. The van der Waals surface area contributed by atoms with Gasteiger partial charge in [0, 0.05) is 18.0 Å². The molecule has 0 aliphatic rings. The number of benzene rings is 2.